The van der Waals surface area contributed by atoms with E-state index in [-0.39, 0.29) is 17.8 Å². The van der Waals surface area contributed by atoms with E-state index in [1.165, 1.54) is 9.13 Å². The average Bonchev–Trinajstić information content (AvgIpc) is 3.20. The minimum Gasteiger partial charge on any atom is -0.312 e. The Morgan fingerprint density at radius 3 is 2.41 bits per heavy atom. The van der Waals surface area contributed by atoms with Gasteiger partial charge in [0.1, 0.15) is 0 Å². The second-order valence-corrected chi connectivity index (χ2v) is 8.32. The highest BCUT2D eigenvalue weighted by Gasteiger charge is 2.29. The van der Waals surface area contributed by atoms with E-state index in [0.717, 1.165) is 17.8 Å². The summed E-state index contributed by atoms with van der Waals surface area (Å²) in [6.45, 7) is 3.85. The van der Waals surface area contributed by atoms with Crippen molar-refractivity contribution in [1.82, 2.24) is 18.7 Å². The first kappa shape index (κ1) is 20.1. The van der Waals surface area contributed by atoms with Crippen molar-refractivity contribution in [2.75, 3.05) is 11.4 Å². The maximum absolute atomic E-state index is 13.5. The van der Waals surface area contributed by atoms with Crippen LogP contribution >= 0.6 is 0 Å². The number of rotatable bonds is 4. The number of hydrogen-bond donors (Lipinski definition) is 0. The number of allylic oxidation sites excluding steroid dienone is 1. The Morgan fingerprint density at radius 2 is 1.69 bits per heavy atom. The summed E-state index contributed by atoms with van der Waals surface area (Å²) in [5, 5.41) is 0. The number of benzene rings is 2. The van der Waals surface area contributed by atoms with Gasteiger partial charge in [0.15, 0.2) is 11.2 Å². The van der Waals surface area contributed by atoms with Gasteiger partial charge in [-0.25, -0.2) is 4.79 Å². The topological polar surface area (TPSA) is 65.1 Å². The Morgan fingerprint density at radius 1 is 1.00 bits per heavy atom. The average molecular weight is 428 g/mol. The molecule has 2 aromatic heterocycles. The monoisotopic (exact) mass is 427 g/mol. The zero-order chi connectivity index (χ0) is 22.2. The third-order valence-electron chi connectivity index (χ3n) is 5.91. The molecule has 0 fully saturated rings. The highest BCUT2D eigenvalue weighted by atomic mass is 16.2. The number of nitrogens with zero attached hydrogens (tertiary/aromatic N) is 5. The molecule has 0 aliphatic carbocycles. The van der Waals surface area contributed by atoms with Crippen molar-refractivity contribution in [3.8, 4) is 0 Å². The van der Waals surface area contributed by atoms with Crippen molar-refractivity contribution in [3.05, 3.63) is 93.1 Å². The molecule has 1 atom stereocenters. The normalized spacial score (nSPS) is 16.1. The Hall–Kier alpha value is -3.87. The third kappa shape index (κ3) is 3.36. The second-order valence-electron chi connectivity index (χ2n) is 8.32. The Labute approximate surface area is 185 Å². The number of fused-ring (bicyclic) bond motifs is 3. The van der Waals surface area contributed by atoms with E-state index in [0.29, 0.717) is 29.6 Å². The number of anilines is 2. The molecule has 7 nitrogen and oxygen atoms in total. The molecular formula is C25H25N5O2. The van der Waals surface area contributed by atoms with Gasteiger partial charge in [0.05, 0.1) is 0 Å². The molecule has 3 heterocycles. The molecular weight excluding hydrogens is 402 g/mol. The SMILES string of the molecule is C[C@@H]1CN(c2ccccc2)c2nc3c(c(=O)n(C/C=C\c4ccccc4)c(=O)n3C)n2C1. The van der Waals surface area contributed by atoms with E-state index in [1.54, 1.807) is 7.05 Å². The first-order valence-electron chi connectivity index (χ1n) is 10.8. The maximum Gasteiger partial charge on any atom is 0.332 e. The first-order chi connectivity index (χ1) is 15.5. The lowest BCUT2D eigenvalue weighted by atomic mass is 10.1. The summed E-state index contributed by atoms with van der Waals surface area (Å²) >= 11 is 0. The highest BCUT2D eigenvalue weighted by molar-refractivity contribution is 5.77. The predicted octanol–water partition coefficient (Wildman–Crippen LogP) is 3.40. The third-order valence-corrected chi connectivity index (χ3v) is 5.91. The van der Waals surface area contributed by atoms with Gasteiger partial charge < -0.3 is 9.47 Å². The van der Waals surface area contributed by atoms with Crippen molar-refractivity contribution >= 4 is 28.9 Å². The van der Waals surface area contributed by atoms with Crippen molar-refractivity contribution in [3.63, 3.8) is 0 Å². The summed E-state index contributed by atoms with van der Waals surface area (Å²) in [6, 6.07) is 19.8. The van der Waals surface area contributed by atoms with Crippen LogP contribution in [0.2, 0.25) is 0 Å². The van der Waals surface area contributed by atoms with Gasteiger partial charge in [0.25, 0.3) is 5.56 Å². The van der Waals surface area contributed by atoms with Crippen LogP contribution in [0.25, 0.3) is 17.2 Å². The van der Waals surface area contributed by atoms with E-state index < -0.39 is 0 Å². The van der Waals surface area contributed by atoms with E-state index in [2.05, 4.69) is 11.8 Å². The summed E-state index contributed by atoms with van der Waals surface area (Å²) < 4.78 is 4.73. The molecule has 2 aromatic carbocycles. The van der Waals surface area contributed by atoms with Crippen LogP contribution in [0.1, 0.15) is 12.5 Å². The van der Waals surface area contributed by atoms with Gasteiger partial charge in [0, 0.05) is 32.4 Å². The predicted molar refractivity (Wildman–Crippen MR) is 127 cm³/mol. The largest absolute Gasteiger partial charge is 0.332 e. The zero-order valence-corrected chi connectivity index (χ0v) is 18.2. The fourth-order valence-electron chi connectivity index (χ4n) is 4.35. The summed E-state index contributed by atoms with van der Waals surface area (Å²) in [5.41, 5.74) is 2.27. The number of imidazole rings is 1. The lowest BCUT2D eigenvalue weighted by Crippen LogP contribution is -2.40. The van der Waals surface area contributed by atoms with Crippen molar-refractivity contribution in [1.29, 1.82) is 0 Å². The summed E-state index contributed by atoms with van der Waals surface area (Å²) in [6.07, 6.45) is 3.76. The van der Waals surface area contributed by atoms with Gasteiger partial charge in [-0.05, 0) is 23.6 Å². The zero-order valence-electron chi connectivity index (χ0n) is 18.2. The van der Waals surface area contributed by atoms with Crippen LogP contribution in [-0.4, -0.2) is 25.2 Å². The quantitative estimate of drug-likeness (QED) is 0.501. The number of hydrogen-bond acceptors (Lipinski definition) is 4. The summed E-state index contributed by atoms with van der Waals surface area (Å²) in [4.78, 5) is 33.3. The van der Waals surface area contributed by atoms with E-state index in [4.69, 9.17) is 4.98 Å². The molecule has 4 aromatic rings. The molecule has 0 unspecified atom stereocenters. The van der Waals surface area contributed by atoms with Crippen LogP contribution in [-0.2, 0) is 20.1 Å². The summed E-state index contributed by atoms with van der Waals surface area (Å²) in [7, 11) is 1.68. The molecule has 0 N–H and O–H groups in total. The second kappa shape index (κ2) is 8.00. The molecule has 0 bridgehead atoms. The van der Waals surface area contributed by atoms with Crippen LogP contribution in [0.4, 0.5) is 11.6 Å². The van der Waals surface area contributed by atoms with Crippen molar-refractivity contribution in [2.24, 2.45) is 13.0 Å². The Bertz CT molecular complexity index is 1410. The minimum atomic E-state index is -0.366. The molecule has 162 valence electrons. The van der Waals surface area contributed by atoms with Crippen LogP contribution in [0.5, 0.6) is 0 Å². The summed E-state index contributed by atoms with van der Waals surface area (Å²) in [5.74, 6) is 1.03. The van der Waals surface area contributed by atoms with Gasteiger partial charge in [0.2, 0.25) is 5.95 Å². The smallest absolute Gasteiger partial charge is 0.312 e. The highest BCUT2D eigenvalue weighted by Crippen LogP contribution is 2.32. The van der Waals surface area contributed by atoms with Gasteiger partial charge in [-0.15, -0.1) is 0 Å². The van der Waals surface area contributed by atoms with Crippen LogP contribution in [0.15, 0.2) is 76.3 Å². The molecule has 0 spiro atoms. The van der Waals surface area contributed by atoms with E-state index in [9.17, 15) is 9.59 Å². The van der Waals surface area contributed by atoms with Crippen molar-refractivity contribution < 1.29 is 0 Å². The number of aryl methyl sites for hydroxylation is 1. The van der Waals surface area contributed by atoms with Gasteiger partial charge in [-0.1, -0.05) is 67.6 Å². The van der Waals surface area contributed by atoms with Crippen LogP contribution < -0.4 is 16.1 Å². The van der Waals surface area contributed by atoms with E-state index in [1.807, 2.05) is 77.4 Å². The minimum absolute atomic E-state index is 0.203. The lowest BCUT2D eigenvalue weighted by molar-refractivity contribution is 0.458. The van der Waals surface area contributed by atoms with Gasteiger partial charge in [-0.3, -0.25) is 13.9 Å². The van der Waals surface area contributed by atoms with Gasteiger partial charge in [-0.2, -0.15) is 4.98 Å². The fraction of sp³-hybridized carbons (Fsp3) is 0.240. The Balaban J connectivity index is 1.64. The number of aromatic nitrogens is 4. The molecule has 1 aliphatic heterocycles. The molecule has 0 saturated carbocycles. The molecule has 5 rings (SSSR count). The maximum atomic E-state index is 13.5. The standard InChI is InChI=1S/C25H25N5O2/c1-18-16-29(20-13-7-4-8-14-20)24-26-22-21(30(24)17-18)23(31)28(25(32)27(22)2)15-9-12-19-10-5-3-6-11-19/h3-14,18H,15-17H2,1-2H3/b12-9-/t18-/m1/s1. The molecule has 0 radical (unpaired) electrons. The molecule has 7 heteroatoms. The molecule has 0 saturated heterocycles. The van der Waals surface area contributed by atoms with Crippen molar-refractivity contribution in [2.45, 2.75) is 20.0 Å². The number of para-hydroxylation sites is 1. The molecule has 1 aliphatic rings. The Kier molecular flexibility index (Phi) is 5.01. The fourth-order valence-corrected chi connectivity index (χ4v) is 4.35. The lowest BCUT2D eigenvalue weighted by Gasteiger charge is -2.32. The van der Waals surface area contributed by atoms with Gasteiger partial charge >= 0.3 is 5.69 Å². The van der Waals surface area contributed by atoms with Crippen LogP contribution in [0, 0.1) is 5.92 Å². The van der Waals surface area contributed by atoms with Crippen LogP contribution in [0.3, 0.4) is 0 Å². The molecule has 0 amide bonds. The molecule has 32 heavy (non-hydrogen) atoms. The van der Waals surface area contributed by atoms with E-state index >= 15 is 0 Å². The first-order valence-corrected chi connectivity index (χ1v) is 10.8.